The van der Waals surface area contributed by atoms with Crippen LogP contribution in [0.1, 0.15) is 31.9 Å². The van der Waals surface area contributed by atoms with E-state index in [1.165, 1.54) is 0 Å². The molecule has 2 unspecified atom stereocenters. The van der Waals surface area contributed by atoms with Crippen molar-refractivity contribution in [1.82, 2.24) is 5.32 Å². The van der Waals surface area contributed by atoms with E-state index in [-0.39, 0.29) is 6.04 Å². The van der Waals surface area contributed by atoms with E-state index in [1.54, 1.807) is 6.92 Å². The third kappa shape index (κ3) is 5.55. The molecule has 2 atom stereocenters. The van der Waals surface area contributed by atoms with Crippen molar-refractivity contribution >= 4 is 15.9 Å². The quantitative estimate of drug-likeness (QED) is 0.867. The lowest BCUT2D eigenvalue weighted by atomic mass is 10.1. The van der Waals surface area contributed by atoms with E-state index in [1.807, 2.05) is 31.2 Å². The molecule has 1 nitrogen and oxygen atoms in total. The Balaban J connectivity index is 2.54. The maximum atomic E-state index is 12.2. The Morgan fingerprint density at radius 3 is 2.18 bits per heavy atom. The van der Waals surface area contributed by atoms with Crippen LogP contribution in [0, 0.1) is 0 Å². The van der Waals surface area contributed by atoms with Gasteiger partial charge in [0.15, 0.2) is 0 Å². The molecule has 17 heavy (non-hydrogen) atoms. The smallest absolute Gasteiger partial charge is 0.307 e. The Morgan fingerprint density at radius 2 is 1.71 bits per heavy atom. The van der Waals surface area contributed by atoms with Crippen molar-refractivity contribution in [2.24, 2.45) is 0 Å². The van der Waals surface area contributed by atoms with Crippen molar-refractivity contribution in [3.8, 4) is 0 Å². The zero-order chi connectivity index (χ0) is 13.1. The molecular formula is C12H15BrF3N. The van der Waals surface area contributed by atoms with Gasteiger partial charge in [-0.15, -0.1) is 0 Å². The fraction of sp³-hybridized carbons (Fsp3) is 0.500. The van der Waals surface area contributed by atoms with Crippen molar-refractivity contribution in [1.29, 1.82) is 0 Å². The average molecular weight is 310 g/mol. The molecule has 0 aliphatic carbocycles. The molecule has 0 saturated heterocycles. The molecular weight excluding hydrogens is 295 g/mol. The molecule has 0 radical (unpaired) electrons. The number of benzene rings is 1. The molecule has 0 aromatic heterocycles. The van der Waals surface area contributed by atoms with Gasteiger partial charge < -0.3 is 5.32 Å². The van der Waals surface area contributed by atoms with E-state index in [9.17, 15) is 13.2 Å². The van der Waals surface area contributed by atoms with Crippen molar-refractivity contribution in [2.45, 2.75) is 38.5 Å². The number of hydrogen-bond acceptors (Lipinski definition) is 1. The summed E-state index contributed by atoms with van der Waals surface area (Å²) in [6.07, 6.45) is -4.93. The molecule has 1 aromatic rings. The van der Waals surface area contributed by atoms with E-state index in [0.29, 0.717) is 0 Å². The van der Waals surface area contributed by atoms with E-state index < -0.39 is 18.6 Å². The summed E-state index contributed by atoms with van der Waals surface area (Å²) in [6.45, 7) is 3.40. The van der Waals surface area contributed by atoms with E-state index >= 15 is 0 Å². The van der Waals surface area contributed by atoms with Gasteiger partial charge in [-0.25, -0.2) is 0 Å². The van der Waals surface area contributed by atoms with Gasteiger partial charge in [-0.05, 0) is 31.5 Å². The monoisotopic (exact) mass is 309 g/mol. The number of rotatable bonds is 4. The minimum atomic E-state index is -4.12. The lowest BCUT2D eigenvalue weighted by molar-refractivity contribution is -0.139. The first-order valence-electron chi connectivity index (χ1n) is 5.36. The van der Waals surface area contributed by atoms with Crippen molar-refractivity contribution < 1.29 is 13.2 Å². The zero-order valence-electron chi connectivity index (χ0n) is 9.68. The second-order valence-electron chi connectivity index (χ2n) is 4.16. The van der Waals surface area contributed by atoms with Crippen molar-refractivity contribution in [2.75, 3.05) is 0 Å². The Bertz CT molecular complexity index is 348. The number of nitrogens with one attached hydrogen (secondary N) is 1. The second kappa shape index (κ2) is 5.87. The highest BCUT2D eigenvalue weighted by Crippen LogP contribution is 2.23. The van der Waals surface area contributed by atoms with Gasteiger partial charge in [0.25, 0.3) is 0 Å². The lowest BCUT2D eigenvalue weighted by Gasteiger charge is -2.21. The first-order chi connectivity index (χ1) is 7.78. The Kier molecular flexibility index (Phi) is 5.01. The fourth-order valence-electron chi connectivity index (χ4n) is 1.68. The van der Waals surface area contributed by atoms with Crippen LogP contribution in [-0.2, 0) is 0 Å². The first kappa shape index (κ1) is 14.5. The van der Waals surface area contributed by atoms with Crippen LogP contribution in [-0.4, -0.2) is 12.2 Å². The Morgan fingerprint density at radius 1 is 1.18 bits per heavy atom. The lowest BCUT2D eigenvalue weighted by Crippen LogP contribution is -2.33. The highest BCUT2D eigenvalue weighted by Gasteiger charge is 2.30. The van der Waals surface area contributed by atoms with E-state index in [4.69, 9.17) is 0 Å². The fourth-order valence-corrected chi connectivity index (χ4v) is 1.94. The molecule has 0 aliphatic rings. The number of alkyl halides is 3. The van der Waals surface area contributed by atoms with Crippen LogP contribution in [0.15, 0.2) is 28.7 Å². The van der Waals surface area contributed by atoms with Gasteiger partial charge in [0.2, 0.25) is 0 Å². The van der Waals surface area contributed by atoms with Crippen LogP contribution in [0.4, 0.5) is 13.2 Å². The summed E-state index contributed by atoms with van der Waals surface area (Å²) in [5.41, 5.74) is 0.974. The van der Waals surface area contributed by atoms with Gasteiger partial charge in [-0.3, -0.25) is 0 Å². The molecule has 0 amide bonds. The minimum Gasteiger partial charge on any atom is -0.307 e. The van der Waals surface area contributed by atoms with Gasteiger partial charge in [0.05, 0.1) is 6.42 Å². The summed E-state index contributed by atoms with van der Waals surface area (Å²) >= 11 is 3.32. The predicted octanol–water partition coefficient (Wildman–Crippen LogP) is 4.44. The maximum Gasteiger partial charge on any atom is 0.390 e. The third-order valence-corrected chi connectivity index (χ3v) is 2.97. The van der Waals surface area contributed by atoms with Gasteiger partial charge >= 0.3 is 6.18 Å². The molecule has 0 aliphatic heterocycles. The largest absolute Gasteiger partial charge is 0.390 e. The van der Waals surface area contributed by atoms with Crippen LogP contribution >= 0.6 is 15.9 Å². The van der Waals surface area contributed by atoms with Gasteiger partial charge in [-0.2, -0.15) is 13.2 Å². The summed E-state index contributed by atoms with van der Waals surface area (Å²) < 4.78 is 37.5. The van der Waals surface area contributed by atoms with Crippen LogP contribution in [0.2, 0.25) is 0 Å². The first-order valence-corrected chi connectivity index (χ1v) is 6.15. The molecule has 0 saturated carbocycles. The van der Waals surface area contributed by atoms with E-state index in [0.717, 1.165) is 10.0 Å². The topological polar surface area (TPSA) is 12.0 Å². The van der Waals surface area contributed by atoms with Crippen LogP contribution in [0.25, 0.3) is 0 Å². The SMILES string of the molecule is CC(CC(F)(F)F)NC(C)c1ccc(Br)cc1. The van der Waals surface area contributed by atoms with Gasteiger partial charge in [-0.1, -0.05) is 28.1 Å². The molecule has 0 spiro atoms. The number of hydrogen-bond donors (Lipinski definition) is 1. The Hall–Kier alpha value is -0.550. The van der Waals surface area contributed by atoms with E-state index in [2.05, 4.69) is 21.2 Å². The molecule has 0 fully saturated rings. The van der Waals surface area contributed by atoms with Crippen LogP contribution < -0.4 is 5.32 Å². The minimum absolute atomic E-state index is 0.0968. The number of halogens is 4. The average Bonchev–Trinajstić information content (AvgIpc) is 2.15. The zero-order valence-corrected chi connectivity index (χ0v) is 11.3. The standard InChI is InChI=1S/C12H15BrF3N/c1-8(7-12(14,15)16)17-9(2)10-3-5-11(13)6-4-10/h3-6,8-9,17H,7H2,1-2H3. The molecule has 0 bridgehead atoms. The molecule has 0 heterocycles. The van der Waals surface area contributed by atoms with Crippen molar-refractivity contribution in [3.63, 3.8) is 0 Å². The molecule has 96 valence electrons. The molecule has 1 N–H and O–H groups in total. The predicted molar refractivity (Wildman–Crippen MR) is 65.8 cm³/mol. The summed E-state index contributed by atoms with van der Waals surface area (Å²) in [4.78, 5) is 0. The van der Waals surface area contributed by atoms with Gasteiger partial charge in [0, 0.05) is 16.6 Å². The third-order valence-electron chi connectivity index (χ3n) is 2.44. The maximum absolute atomic E-state index is 12.2. The van der Waals surface area contributed by atoms with Crippen molar-refractivity contribution in [3.05, 3.63) is 34.3 Å². The highest BCUT2D eigenvalue weighted by atomic mass is 79.9. The summed E-state index contributed by atoms with van der Waals surface area (Å²) in [7, 11) is 0. The summed E-state index contributed by atoms with van der Waals surface area (Å²) in [5.74, 6) is 0. The highest BCUT2D eigenvalue weighted by molar-refractivity contribution is 9.10. The normalized spacial score (nSPS) is 15.6. The molecule has 1 rings (SSSR count). The molecule has 1 aromatic carbocycles. The second-order valence-corrected chi connectivity index (χ2v) is 5.08. The van der Waals surface area contributed by atoms with Crippen LogP contribution in [0.3, 0.4) is 0 Å². The van der Waals surface area contributed by atoms with Crippen LogP contribution in [0.5, 0.6) is 0 Å². The summed E-state index contributed by atoms with van der Waals surface area (Å²) in [6, 6.07) is 6.85. The molecule has 5 heteroatoms. The summed E-state index contributed by atoms with van der Waals surface area (Å²) in [5, 5.41) is 2.94. The van der Waals surface area contributed by atoms with Gasteiger partial charge in [0.1, 0.15) is 0 Å². The Labute approximate surface area is 108 Å².